The van der Waals surface area contributed by atoms with Crippen LogP contribution < -0.4 is 15.5 Å². The molecule has 0 aliphatic rings. The minimum Gasteiger partial charge on any atom is -0.332 e. The predicted molar refractivity (Wildman–Crippen MR) is 123 cm³/mol. The zero-order valence-corrected chi connectivity index (χ0v) is 17.9. The summed E-state index contributed by atoms with van der Waals surface area (Å²) in [6, 6.07) is 16.7. The average Bonchev–Trinajstić information content (AvgIpc) is 2.73. The van der Waals surface area contributed by atoms with Gasteiger partial charge in [-0.05, 0) is 62.0 Å². The third-order valence-electron chi connectivity index (χ3n) is 4.53. The fourth-order valence-electron chi connectivity index (χ4n) is 2.97. The van der Waals surface area contributed by atoms with Crippen molar-refractivity contribution in [2.75, 3.05) is 16.8 Å². The first kappa shape index (κ1) is 22.6. The zero-order valence-electron chi connectivity index (χ0n) is 17.1. The lowest BCUT2D eigenvalue weighted by molar-refractivity contribution is -0.119. The van der Waals surface area contributed by atoms with E-state index in [1.807, 2.05) is 37.3 Å². The quantitative estimate of drug-likeness (QED) is 0.443. The van der Waals surface area contributed by atoms with Crippen LogP contribution in [0, 0.1) is 0 Å². The zero-order chi connectivity index (χ0) is 21.1. The molecule has 6 heteroatoms. The van der Waals surface area contributed by atoms with Crippen LogP contribution in [-0.2, 0) is 4.79 Å². The van der Waals surface area contributed by atoms with E-state index in [4.69, 9.17) is 12.2 Å². The van der Waals surface area contributed by atoms with Crippen molar-refractivity contribution in [2.45, 2.75) is 46.0 Å². The molecule has 0 aliphatic carbocycles. The van der Waals surface area contributed by atoms with Gasteiger partial charge in [-0.2, -0.15) is 0 Å². The SMILES string of the molecule is CCCCCCC(=O)NC(=S)Nc1ccc(C(=O)N(CC)c2ccccc2)cc1. The van der Waals surface area contributed by atoms with Crippen LogP contribution in [0.4, 0.5) is 11.4 Å². The second-order valence-corrected chi connectivity index (χ2v) is 7.18. The van der Waals surface area contributed by atoms with Crippen LogP contribution in [0.2, 0.25) is 0 Å². The molecule has 0 saturated carbocycles. The fraction of sp³-hybridized carbons (Fsp3) is 0.348. The number of hydrogen-bond donors (Lipinski definition) is 2. The van der Waals surface area contributed by atoms with Crippen molar-refractivity contribution in [1.82, 2.24) is 5.32 Å². The molecule has 29 heavy (non-hydrogen) atoms. The third kappa shape index (κ3) is 7.31. The Labute approximate surface area is 178 Å². The summed E-state index contributed by atoms with van der Waals surface area (Å²) in [4.78, 5) is 26.5. The number of nitrogens with zero attached hydrogens (tertiary/aromatic N) is 1. The molecule has 5 nitrogen and oxygen atoms in total. The Balaban J connectivity index is 1.90. The number of anilines is 2. The Morgan fingerprint density at radius 1 is 0.931 bits per heavy atom. The van der Waals surface area contributed by atoms with E-state index in [0.29, 0.717) is 18.5 Å². The number of thiocarbonyl (C=S) groups is 1. The van der Waals surface area contributed by atoms with E-state index in [-0.39, 0.29) is 16.9 Å². The topological polar surface area (TPSA) is 61.4 Å². The smallest absolute Gasteiger partial charge is 0.258 e. The molecule has 0 heterocycles. The summed E-state index contributed by atoms with van der Waals surface area (Å²) >= 11 is 5.20. The highest BCUT2D eigenvalue weighted by Crippen LogP contribution is 2.18. The maximum absolute atomic E-state index is 12.8. The summed E-state index contributed by atoms with van der Waals surface area (Å²) in [6.45, 7) is 4.67. The number of nitrogens with one attached hydrogen (secondary N) is 2. The monoisotopic (exact) mass is 411 g/mol. The molecule has 0 saturated heterocycles. The molecular formula is C23H29N3O2S. The summed E-state index contributed by atoms with van der Waals surface area (Å²) in [6.07, 6.45) is 4.68. The van der Waals surface area contributed by atoms with E-state index in [0.717, 1.165) is 37.1 Å². The number of amides is 2. The average molecular weight is 412 g/mol. The number of para-hydroxylation sites is 1. The van der Waals surface area contributed by atoms with Crippen LogP contribution in [0.3, 0.4) is 0 Å². The molecular weight excluding hydrogens is 382 g/mol. The first-order valence-corrected chi connectivity index (χ1v) is 10.5. The Kier molecular flexibility index (Phi) is 9.31. The lowest BCUT2D eigenvalue weighted by Crippen LogP contribution is -2.34. The molecule has 0 radical (unpaired) electrons. The van der Waals surface area contributed by atoms with Gasteiger partial charge in [0.25, 0.3) is 5.91 Å². The van der Waals surface area contributed by atoms with Crippen molar-refractivity contribution >= 4 is 40.5 Å². The van der Waals surface area contributed by atoms with E-state index < -0.39 is 0 Å². The molecule has 2 aromatic rings. The lowest BCUT2D eigenvalue weighted by atomic mass is 10.1. The van der Waals surface area contributed by atoms with Crippen LogP contribution in [-0.4, -0.2) is 23.5 Å². The number of rotatable bonds is 9. The van der Waals surface area contributed by atoms with Gasteiger partial charge in [-0.15, -0.1) is 0 Å². The molecule has 0 atom stereocenters. The summed E-state index contributed by atoms with van der Waals surface area (Å²) < 4.78 is 0. The molecule has 2 aromatic carbocycles. The van der Waals surface area contributed by atoms with Crippen LogP contribution in [0.15, 0.2) is 54.6 Å². The van der Waals surface area contributed by atoms with E-state index >= 15 is 0 Å². The molecule has 2 amide bonds. The van der Waals surface area contributed by atoms with Crippen molar-refractivity contribution in [2.24, 2.45) is 0 Å². The Morgan fingerprint density at radius 2 is 1.62 bits per heavy atom. The Bertz CT molecular complexity index is 807. The third-order valence-corrected chi connectivity index (χ3v) is 4.73. The highest BCUT2D eigenvalue weighted by atomic mass is 32.1. The minimum atomic E-state index is -0.0770. The summed E-state index contributed by atoms with van der Waals surface area (Å²) in [5.41, 5.74) is 2.18. The summed E-state index contributed by atoms with van der Waals surface area (Å²) in [5, 5.41) is 5.96. The number of hydrogen-bond acceptors (Lipinski definition) is 3. The van der Waals surface area contributed by atoms with Crippen LogP contribution in [0.5, 0.6) is 0 Å². The van der Waals surface area contributed by atoms with E-state index in [1.54, 1.807) is 29.2 Å². The molecule has 2 N–H and O–H groups in total. The first-order valence-electron chi connectivity index (χ1n) is 10.1. The number of carbonyl (C=O) groups is 2. The number of carbonyl (C=O) groups excluding carboxylic acids is 2. The Morgan fingerprint density at radius 3 is 2.24 bits per heavy atom. The highest BCUT2D eigenvalue weighted by Gasteiger charge is 2.15. The van der Waals surface area contributed by atoms with E-state index in [9.17, 15) is 9.59 Å². The van der Waals surface area contributed by atoms with Gasteiger partial charge in [0.2, 0.25) is 5.91 Å². The summed E-state index contributed by atoms with van der Waals surface area (Å²) in [7, 11) is 0. The molecule has 154 valence electrons. The molecule has 0 bridgehead atoms. The lowest BCUT2D eigenvalue weighted by Gasteiger charge is -2.21. The summed E-state index contributed by atoms with van der Waals surface area (Å²) in [5.74, 6) is -0.139. The predicted octanol–water partition coefficient (Wildman–Crippen LogP) is 5.14. The number of unbranched alkanes of at least 4 members (excludes halogenated alkanes) is 3. The fourth-order valence-corrected chi connectivity index (χ4v) is 3.20. The van der Waals surface area contributed by atoms with Gasteiger partial charge >= 0.3 is 0 Å². The second-order valence-electron chi connectivity index (χ2n) is 6.78. The van der Waals surface area contributed by atoms with Crippen molar-refractivity contribution < 1.29 is 9.59 Å². The molecule has 0 spiro atoms. The molecule has 2 rings (SSSR count). The van der Waals surface area contributed by atoms with Crippen molar-refractivity contribution in [3.05, 3.63) is 60.2 Å². The maximum Gasteiger partial charge on any atom is 0.258 e. The normalized spacial score (nSPS) is 10.3. The van der Waals surface area contributed by atoms with Gasteiger partial charge in [0.05, 0.1) is 0 Å². The van der Waals surface area contributed by atoms with Gasteiger partial charge in [0.15, 0.2) is 5.11 Å². The van der Waals surface area contributed by atoms with Gasteiger partial charge in [-0.1, -0.05) is 44.4 Å². The van der Waals surface area contributed by atoms with Crippen molar-refractivity contribution in [3.8, 4) is 0 Å². The maximum atomic E-state index is 12.8. The number of benzene rings is 2. The van der Waals surface area contributed by atoms with Crippen LogP contribution in [0.1, 0.15) is 56.3 Å². The molecule has 0 aliphatic heterocycles. The van der Waals surface area contributed by atoms with E-state index in [2.05, 4.69) is 17.6 Å². The molecule has 0 fully saturated rings. The van der Waals surface area contributed by atoms with Crippen LogP contribution in [0.25, 0.3) is 0 Å². The second kappa shape index (κ2) is 12.0. The molecule has 0 aromatic heterocycles. The first-order chi connectivity index (χ1) is 14.0. The van der Waals surface area contributed by atoms with Gasteiger partial charge in [0, 0.05) is 29.9 Å². The highest BCUT2D eigenvalue weighted by molar-refractivity contribution is 7.80. The largest absolute Gasteiger partial charge is 0.332 e. The van der Waals surface area contributed by atoms with Gasteiger partial charge in [0.1, 0.15) is 0 Å². The Hall–Kier alpha value is -2.73. The van der Waals surface area contributed by atoms with Gasteiger partial charge in [-0.3, -0.25) is 9.59 Å². The van der Waals surface area contributed by atoms with Gasteiger partial charge < -0.3 is 15.5 Å². The van der Waals surface area contributed by atoms with Crippen molar-refractivity contribution in [3.63, 3.8) is 0 Å². The molecule has 0 unspecified atom stereocenters. The van der Waals surface area contributed by atoms with Gasteiger partial charge in [-0.25, -0.2) is 0 Å². The minimum absolute atomic E-state index is 0.0618. The van der Waals surface area contributed by atoms with E-state index in [1.165, 1.54) is 0 Å². The van der Waals surface area contributed by atoms with Crippen molar-refractivity contribution in [1.29, 1.82) is 0 Å². The standard InChI is InChI=1S/C23H29N3O2S/c1-3-5-6-10-13-21(27)25-23(29)24-19-16-14-18(15-17-19)22(28)26(4-2)20-11-8-7-9-12-20/h7-9,11-12,14-17H,3-6,10,13H2,1-2H3,(H2,24,25,27,29). The van der Waals surface area contributed by atoms with Crippen LogP contribution >= 0.6 is 12.2 Å².